The summed E-state index contributed by atoms with van der Waals surface area (Å²) in [5.41, 5.74) is 2.08. The van der Waals surface area contributed by atoms with Crippen molar-refractivity contribution >= 4 is 23.7 Å². The average molecular weight is 527 g/mol. The number of allylic oxidation sites excluding steroid dienone is 4. The maximum atomic E-state index is 13.4. The van der Waals surface area contributed by atoms with Gasteiger partial charge in [0.05, 0.1) is 18.6 Å². The van der Waals surface area contributed by atoms with E-state index in [0.29, 0.717) is 19.3 Å². The van der Waals surface area contributed by atoms with Crippen molar-refractivity contribution in [3.63, 3.8) is 0 Å². The monoisotopic (exact) mass is 526 g/mol. The van der Waals surface area contributed by atoms with Gasteiger partial charge in [-0.25, -0.2) is 0 Å². The fraction of sp³-hybridized carbons (Fsp3) is 0.586. The van der Waals surface area contributed by atoms with Crippen LogP contribution in [0, 0.1) is 11.8 Å². The smallest absolute Gasteiger partial charge is 0.307 e. The van der Waals surface area contributed by atoms with Gasteiger partial charge in [0.2, 0.25) is 17.7 Å². The van der Waals surface area contributed by atoms with E-state index in [1.807, 2.05) is 39.1 Å². The van der Waals surface area contributed by atoms with Crippen LogP contribution in [-0.4, -0.2) is 66.4 Å². The van der Waals surface area contributed by atoms with Crippen LogP contribution >= 0.6 is 0 Å². The van der Waals surface area contributed by atoms with Crippen molar-refractivity contribution < 1.29 is 23.9 Å². The fourth-order valence-corrected chi connectivity index (χ4v) is 5.09. The second-order valence-electron chi connectivity index (χ2n) is 10.7. The number of cyclic esters (lactones) is 1. The number of ether oxygens (including phenoxy) is 1. The van der Waals surface area contributed by atoms with E-state index in [0.717, 1.165) is 17.6 Å². The van der Waals surface area contributed by atoms with Gasteiger partial charge in [0.25, 0.3) is 0 Å². The zero-order valence-electron chi connectivity index (χ0n) is 23.2. The SMILES string of the molecule is C/C1=C\CC[C@H](C)OC(=O)CCNC(=O)[C@@H](CC2=CNC3C=CC=CC23)N(C)C(=O)[C@H](C)NC(=O)[C@@H](C)C1. The van der Waals surface area contributed by atoms with Crippen molar-refractivity contribution in [3.8, 4) is 0 Å². The van der Waals surface area contributed by atoms with Gasteiger partial charge in [0.15, 0.2) is 0 Å². The highest BCUT2D eigenvalue weighted by Gasteiger charge is 2.35. The summed E-state index contributed by atoms with van der Waals surface area (Å²) in [6, 6.07) is -1.49. The van der Waals surface area contributed by atoms with Gasteiger partial charge < -0.3 is 25.6 Å². The Morgan fingerprint density at radius 2 is 1.79 bits per heavy atom. The molecular weight excluding hydrogens is 484 g/mol. The molecule has 9 nitrogen and oxygen atoms in total. The molecule has 2 heterocycles. The van der Waals surface area contributed by atoms with E-state index in [1.165, 1.54) is 4.90 Å². The van der Waals surface area contributed by atoms with E-state index in [-0.39, 0.29) is 60.6 Å². The van der Waals surface area contributed by atoms with Gasteiger partial charge in [-0.15, -0.1) is 0 Å². The molecule has 0 saturated heterocycles. The third-order valence-electron chi connectivity index (χ3n) is 7.40. The van der Waals surface area contributed by atoms with E-state index in [9.17, 15) is 19.2 Å². The topological polar surface area (TPSA) is 117 Å². The molecule has 0 aromatic rings. The summed E-state index contributed by atoms with van der Waals surface area (Å²) in [6.45, 7) is 7.40. The van der Waals surface area contributed by atoms with Gasteiger partial charge in [0.1, 0.15) is 12.1 Å². The van der Waals surface area contributed by atoms with Crippen LogP contribution in [0.3, 0.4) is 0 Å². The zero-order valence-corrected chi connectivity index (χ0v) is 23.2. The lowest BCUT2D eigenvalue weighted by Gasteiger charge is -2.31. The Hall–Kier alpha value is -3.36. The van der Waals surface area contributed by atoms with E-state index in [2.05, 4.69) is 34.2 Å². The van der Waals surface area contributed by atoms with Crippen LogP contribution in [0.5, 0.6) is 0 Å². The van der Waals surface area contributed by atoms with Crippen molar-refractivity contribution in [3.05, 3.63) is 47.7 Å². The number of esters is 1. The Balaban J connectivity index is 1.79. The zero-order chi connectivity index (χ0) is 27.8. The molecule has 0 aromatic carbocycles. The van der Waals surface area contributed by atoms with Crippen LogP contribution in [0.4, 0.5) is 0 Å². The van der Waals surface area contributed by atoms with Crippen molar-refractivity contribution in [2.75, 3.05) is 13.6 Å². The lowest BCUT2D eigenvalue weighted by molar-refractivity contribution is -0.148. The largest absolute Gasteiger partial charge is 0.463 e. The van der Waals surface area contributed by atoms with Crippen molar-refractivity contribution in [1.82, 2.24) is 20.9 Å². The number of nitrogens with zero attached hydrogens (tertiary/aromatic N) is 1. The lowest BCUT2D eigenvalue weighted by Crippen LogP contribution is -2.54. The van der Waals surface area contributed by atoms with Crippen LogP contribution < -0.4 is 16.0 Å². The lowest BCUT2D eigenvalue weighted by atomic mass is 9.87. The molecule has 2 unspecified atom stereocenters. The van der Waals surface area contributed by atoms with Crippen LogP contribution in [0.1, 0.15) is 59.8 Å². The molecule has 0 saturated carbocycles. The number of rotatable bonds is 2. The van der Waals surface area contributed by atoms with E-state index in [4.69, 9.17) is 4.74 Å². The first-order chi connectivity index (χ1) is 18.1. The summed E-state index contributed by atoms with van der Waals surface area (Å²) < 4.78 is 5.49. The van der Waals surface area contributed by atoms with Crippen LogP contribution in [0.2, 0.25) is 0 Å². The molecule has 3 aliphatic rings. The predicted molar refractivity (Wildman–Crippen MR) is 146 cm³/mol. The quantitative estimate of drug-likeness (QED) is 0.376. The molecule has 3 N–H and O–H groups in total. The van der Waals surface area contributed by atoms with Gasteiger partial charge in [-0.05, 0) is 51.8 Å². The minimum atomic E-state index is -0.812. The van der Waals surface area contributed by atoms with Crippen LogP contribution in [-0.2, 0) is 23.9 Å². The summed E-state index contributed by atoms with van der Waals surface area (Å²) in [7, 11) is 1.58. The summed E-state index contributed by atoms with van der Waals surface area (Å²) in [5, 5.41) is 8.97. The molecule has 3 rings (SSSR count). The van der Waals surface area contributed by atoms with Crippen LogP contribution in [0.15, 0.2) is 47.7 Å². The Kier molecular flexibility index (Phi) is 10.3. The first-order valence-electron chi connectivity index (χ1n) is 13.6. The maximum absolute atomic E-state index is 13.4. The predicted octanol–water partition coefficient (Wildman–Crippen LogP) is 2.51. The van der Waals surface area contributed by atoms with E-state index in [1.54, 1.807) is 14.0 Å². The van der Waals surface area contributed by atoms with Gasteiger partial charge >= 0.3 is 5.97 Å². The second kappa shape index (κ2) is 13.4. The van der Waals surface area contributed by atoms with Crippen molar-refractivity contribution in [1.29, 1.82) is 0 Å². The molecule has 0 radical (unpaired) electrons. The number of hydrogen-bond donors (Lipinski definition) is 3. The number of carbonyl (C=O) groups is 4. The number of nitrogens with one attached hydrogen (secondary N) is 3. The van der Waals surface area contributed by atoms with Gasteiger partial charge in [-0.2, -0.15) is 0 Å². The third-order valence-corrected chi connectivity index (χ3v) is 7.40. The summed E-state index contributed by atoms with van der Waals surface area (Å²) in [6.07, 6.45) is 14.1. The Morgan fingerprint density at radius 3 is 2.55 bits per heavy atom. The molecular formula is C29H42N4O5. The Morgan fingerprint density at radius 1 is 1.05 bits per heavy atom. The van der Waals surface area contributed by atoms with Crippen molar-refractivity contribution in [2.24, 2.45) is 11.8 Å². The molecule has 38 heavy (non-hydrogen) atoms. The van der Waals surface area contributed by atoms with E-state index >= 15 is 0 Å². The number of likely N-dealkylation sites (N-methyl/N-ethyl adjacent to an activating group) is 1. The Bertz CT molecular complexity index is 1030. The summed E-state index contributed by atoms with van der Waals surface area (Å²) in [5.74, 6) is -1.52. The minimum Gasteiger partial charge on any atom is -0.463 e. The normalized spacial score (nSPS) is 33.3. The fourth-order valence-electron chi connectivity index (χ4n) is 5.09. The highest BCUT2D eigenvalue weighted by Crippen LogP contribution is 2.30. The summed E-state index contributed by atoms with van der Waals surface area (Å²) >= 11 is 0. The van der Waals surface area contributed by atoms with Crippen LogP contribution in [0.25, 0.3) is 0 Å². The first-order valence-corrected chi connectivity index (χ1v) is 13.6. The first kappa shape index (κ1) is 29.2. The molecule has 0 fully saturated rings. The molecule has 3 amide bonds. The standard InChI is InChI=1S/C29H42N4O5/c1-18-9-8-10-20(3)38-26(34)13-14-30-28(36)25(16-22-17-31-24-12-7-6-11-23(22)24)33(5)29(37)21(4)32-27(35)19(2)15-18/h6-7,9,11-12,17,19-21,23-25,31H,8,10,13-16H2,1-5H3,(H,30,36)(H,32,35)/b18-9+/t19-,20-,21-,23?,24?,25+/m0/s1. The maximum Gasteiger partial charge on any atom is 0.307 e. The number of carbonyl (C=O) groups excluding carboxylic acids is 4. The van der Waals surface area contributed by atoms with Gasteiger partial charge in [-0.3, -0.25) is 19.2 Å². The highest BCUT2D eigenvalue weighted by atomic mass is 16.5. The summed E-state index contributed by atoms with van der Waals surface area (Å²) in [4.78, 5) is 53.3. The molecule has 0 aromatic heterocycles. The van der Waals surface area contributed by atoms with Crippen molar-refractivity contribution in [2.45, 2.75) is 84.0 Å². The molecule has 208 valence electrons. The second-order valence-corrected chi connectivity index (χ2v) is 10.7. The molecule has 9 heteroatoms. The molecule has 0 spiro atoms. The molecule has 6 atom stereocenters. The molecule has 0 bridgehead atoms. The average Bonchev–Trinajstić information content (AvgIpc) is 3.28. The number of hydrogen-bond acceptors (Lipinski definition) is 6. The molecule has 2 aliphatic heterocycles. The highest BCUT2D eigenvalue weighted by molar-refractivity contribution is 5.92. The third kappa shape index (κ3) is 7.82. The number of fused-ring (bicyclic) bond motifs is 1. The Labute approximate surface area is 225 Å². The number of amides is 3. The van der Waals surface area contributed by atoms with Gasteiger partial charge in [0, 0.05) is 31.8 Å². The molecule has 1 aliphatic carbocycles. The minimum absolute atomic E-state index is 0.0434. The van der Waals surface area contributed by atoms with Gasteiger partial charge in [-0.1, -0.05) is 42.9 Å². The van der Waals surface area contributed by atoms with E-state index < -0.39 is 12.1 Å².